The summed E-state index contributed by atoms with van der Waals surface area (Å²) < 4.78 is 0. The molecule has 25 heavy (non-hydrogen) atoms. The highest BCUT2D eigenvalue weighted by atomic mass is 16.4. The number of carboxylic acid groups (broad SMARTS) is 1. The van der Waals surface area contributed by atoms with Crippen LogP contribution >= 0.6 is 0 Å². The zero-order valence-electron chi connectivity index (χ0n) is 16.8. The van der Waals surface area contributed by atoms with Crippen LogP contribution in [0.15, 0.2) is 18.2 Å². The van der Waals surface area contributed by atoms with Crippen molar-refractivity contribution in [1.82, 2.24) is 0 Å². The Kier molecular flexibility index (Phi) is 10.5. The van der Waals surface area contributed by atoms with E-state index in [1.54, 1.807) is 6.07 Å². The van der Waals surface area contributed by atoms with Crippen molar-refractivity contribution < 1.29 is 9.90 Å². The molecule has 0 atom stereocenters. The van der Waals surface area contributed by atoms with Gasteiger partial charge >= 0.3 is 5.97 Å². The van der Waals surface area contributed by atoms with Gasteiger partial charge in [0.2, 0.25) is 0 Å². The zero-order chi connectivity index (χ0) is 18.7. The van der Waals surface area contributed by atoms with Crippen LogP contribution in [0.4, 0.5) is 0 Å². The second kappa shape index (κ2) is 12.1. The van der Waals surface area contributed by atoms with Gasteiger partial charge in [0.25, 0.3) is 0 Å². The number of hydrogen-bond donors (Lipinski definition) is 1. The first-order valence-electron chi connectivity index (χ1n) is 10.2. The van der Waals surface area contributed by atoms with Crippen molar-refractivity contribution in [2.45, 2.75) is 91.9 Å². The quantitative estimate of drug-likeness (QED) is 0.394. The van der Waals surface area contributed by atoms with E-state index in [1.807, 2.05) is 6.07 Å². The van der Waals surface area contributed by atoms with Crippen LogP contribution in [0.1, 0.15) is 101 Å². The monoisotopic (exact) mass is 346 g/mol. The fourth-order valence-corrected chi connectivity index (χ4v) is 3.33. The number of benzene rings is 1. The maximum absolute atomic E-state index is 11.3. The Labute approximate surface area is 155 Å². The van der Waals surface area contributed by atoms with Gasteiger partial charge in [-0.1, -0.05) is 72.3 Å². The van der Waals surface area contributed by atoms with Gasteiger partial charge in [0.15, 0.2) is 0 Å². The lowest BCUT2D eigenvalue weighted by Crippen LogP contribution is -2.02. The standard InChI is InChI=1S/C23H38O2/c1-18(2)11-7-5-9-13-20-15-16-22(23(24)25)17-21(20)14-10-6-8-12-19(3)4/h15-19H,5-14H2,1-4H3,(H,24,25). The van der Waals surface area contributed by atoms with Crippen LogP contribution in [-0.2, 0) is 12.8 Å². The first kappa shape index (κ1) is 21.7. The Morgan fingerprint density at radius 2 is 1.32 bits per heavy atom. The van der Waals surface area contributed by atoms with Crippen molar-refractivity contribution in [3.05, 3.63) is 34.9 Å². The molecule has 1 N–H and O–H groups in total. The molecule has 0 saturated carbocycles. The van der Waals surface area contributed by atoms with Crippen LogP contribution in [0.2, 0.25) is 0 Å². The van der Waals surface area contributed by atoms with Crippen LogP contribution in [0.3, 0.4) is 0 Å². The summed E-state index contributed by atoms with van der Waals surface area (Å²) in [5.41, 5.74) is 3.05. The Morgan fingerprint density at radius 3 is 1.80 bits per heavy atom. The SMILES string of the molecule is CC(C)CCCCCc1ccc(C(=O)O)cc1CCCCCC(C)C. The molecule has 0 aliphatic rings. The van der Waals surface area contributed by atoms with Crippen molar-refractivity contribution in [2.75, 3.05) is 0 Å². The molecule has 0 radical (unpaired) electrons. The largest absolute Gasteiger partial charge is 0.478 e. The Bertz CT molecular complexity index is 503. The molecular formula is C23H38O2. The van der Waals surface area contributed by atoms with Crippen LogP contribution in [0.5, 0.6) is 0 Å². The van der Waals surface area contributed by atoms with E-state index in [4.69, 9.17) is 0 Å². The molecule has 0 saturated heterocycles. The van der Waals surface area contributed by atoms with E-state index in [1.165, 1.54) is 56.1 Å². The van der Waals surface area contributed by atoms with Crippen molar-refractivity contribution in [2.24, 2.45) is 11.8 Å². The molecule has 1 rings (SSSR count). The highest BCUT2D eigenvalue weighted by molar-refractivity contribution is 5.87. The molecule has 0 aliphatic heterocycles. The molecule has 1 aromatic carbocycles. The minimum atomic E-state index is -0.815. The topological polar surface area (TPSA) is 37.3 Å². The van der Waals surface area contributed by atoms with Crippen molar-refractivity contribution in [3.63, 3.8) is 0 Å². The predicted molar refractivity (Wildman–Crippen MR) is 107 cm³/mol. The third kappa shape index (κ3) is 9.67. The highest BCUT2D eigenvalue weighted by Gasteiger charge is 2.09. The second-order valence-corrected chi connectivity index (χ2v) is 8.28. The van der Waals surface area contributed by atoms with Crippen molar-refractivity contribution in [1.29, 1.82) is 0 Å². The fourth-order valence-electron chi connectivity index (χ4n) is 3.33. The van der Waals surface area contributed by atoms with E-state index >= 15 is 0 Å². The molecule has 142 valence electrons. The summed E-state index contributed by atoms with van der Waals surface area (Å²) in [5.74, 6) is 0.748. The summed E-state index contributed by atoms with van der Waals surface area (Å²) in [6, 6.07) is 5.73. The lowest BCUT2D eigenvalue weighted by molar-refractivity contribution is 0.0696. The number of aryl methyl sites for hydroxylation is 2. The molecule has 1 aromatic rings. The third-order valence-corrected chi connectivity index (χ3v) is 4.91. The number of aromatic carboxylic acids is 1. The average Bonchev–Trinajstić information content (AvgIpc) is 2.54. The molecule has 0 heterocycles. The molecule has 0 fully saturated rings. The Balaban J connectivity index is 2.55. The minimum absolute atomic E-state index is 0.431. The summed E-state index contributed by atoms with van der Waals surface area (Å²) >= 11 is 0. The van der Waals surface area contributed by atoms with E-state index in [-0.39, 0.29) is 0 Å². The van der Waals surface area contributed by atoms with Gasteiger partial charge in [-0.15, -0.1) is 0 Å². The van der Waals surface area contributed by atoms with Gasteiger partial charge in [-0.05, 0) is 60.8 Å². The first-order chi connectivity index (χ1) is 11.9. The van der Waals surface area contributed by atoms with Crippen LogP contribution < -0.4 is 0 Å². The van der Waals surface area contributed by atoms with Crippen molar-refractivity contribution >= 4 is 5.97 Å². The van der Waals surface area contributed by atoms with Gasteiger partial charge in [0.05, 0.1) is 5.56 Å². The average molecular weight is 347 g/mol. The van der Waals surface area contributed by atoms with Crippen LogP contribution in [0.25, 0.3) is 0 Å². The predicted octanol–water partition coefficient (Wildman–Crippen LogP) is 6.90. The maximum Gasteiger partial charge on any atom is 0.335 e. The van der Waals surface area contributed by atoms with Crippen LogP contribution in [0, 0.1) is 11.8 Å². The van der Waals surface area contributed by atoms with E-state index in [2.05, 4.69) is 33.8 Å². The van der Waals surface area contributed by atoms with Gasteiger partial charge in [-0.25, -0.2) is 4.79 Å². The summed E-state index contributed by atoms with van der Waals surface area (Å²) in [4.78, 5) is 11.3. The second-order valence-electron chi connectivity index (χ2n) is 8.28. The Hall–Kier alpha value is -1.31. The molecule has 2 heteroatoms. The van der Waals surface area contributed by atoms with E-state index < -0.39 is 5.97 Å². The smallest absolute Gasteiger partial charge is 0.335 e. The van der Waals surface area contributed by atoms with Gasteiger partial charge < -0.3 is 5.11 Å². The van der Waals surface area contributed by atoms with Gasteiger partial charge in [-0.2, -0.15) is 0 Å². The Morgan fingerprint density at radius 1 is 0.800 bits per heavy atom. The van der Waals surface area contributed by atoms with Gasteiger partial charge in [-0.3, -0.25) is 0 Å². The first-order valence-corrected chi connectivity index (χ1v) is 10.2. The van der Waals surface area contributed by atoms with Gasteiger partial charge in [0, 0.05) is 0 Å². The lowest BCUT2D eigenvalue weighted by Gasteiger charge is -2.12. The summed E-state index contributed by atoms with van der Waals surface area (Å²) in [7, 11) is 0. The highest BCUT2D eigenvalue weighted by Crippen LogP contribution is 2.20. The number of rotatable bonds is 13. The number of carboxylic acids is 1. The van der Waals surface area contributed by atoms with E-state index in [0.29, 0.717) is 5.56 Å². The number of hydrogen-bond acceptors (Lipinski definition) is 1. The molecule has 0 spiro atoms. The maximum atomic E-state index is 11.3. The van der Waals surface area contributed by atoms with Crippen LogP contribution in [-0.4, -0.2) is 11.1 Å². The third-order valence-electron chi connectivity index (χ3n) is 4.91. The molecule has 0 bridgehead atoms. The van der Waals surface area contributed by atoms with Crippen molar-refractivity contribution in [3.8, 4) is 0 Å². The van der Waals surface area contributed by atoms with Gasteiger partial charge in [0.1, 0.15) is 0 Å². The fraction of sp³-hybridized carbons (Fsp3) is 0.696. The normalized spacial score (nSPS) is 11.4. The van der Waals surface area contributed by atoms with E-state index in [9.17, 15) is 9.90 Å². The zero-order valence-corrected chi connectivity index (χ0v) is 16.8. The lowest BCUT2D eigenvalue weighted by atomic mass is 9.94. The molecule has 0 amide bonds. The molecule has 0 unspecified atom stereocenters. The number of carbonyl (C=O) groups is 1. The van der Waals surface area contributed by atoms with E-state index in [0.717, 1.165) is 31.1 Å². The molecule has 2 nitrogen and oxygen atoms in total. The number of unbranched alkanes of at least 4 members (excludes halogenated alkanes) is 4. The molecule has 0 aromatic heterocycles. The molecule has 0 aliphatic carbocycles. The summed E-state index contributed by atoms with van der Waals surface area (Å²) in [5, 5.41) is 9.27. The summed E-state index contributed by atoms with van der Waals surface area (Å²) in [6.07, 6.45) is 12.2. The summed E-state index contributed by atoms with van der Waals surface area (Å²) in [6.45, 7) is 9.10. The molecular weight excluding hydrogens is 308 g/mol. The minimum Gasteiger partial charge on any atom is -0.478 e.